The molecule has 15 heavy (non-hydrogen) atoms. The fourth-order valence-corrected chi connectivity index (χ4v) is 1.59. The zero-order chi connectivity index (χ0) is 11.5. The van der Waals surface area contributed by atoms with Crippen molar-refractivity contribution in [3.63, 3.8) is 0 Å². The molecular formula is C12H19ClN2. The van der Waals surface area contributed by atoms with Crippen LogP contribution in [0.25, 0.3) is 0 Å². The van der Waals surface area contributed by atoms with Gasteiger partial charge in [-0.2, -0.15) is 0 Å². The van der Waals surface area contributed by atoms with Crippen LogP contribution in [0.4, 0.5) is 5.69 Å². The van der Waals surface area contributed by atoms with Crippen molar-refractivity contribution in [2.45, 2.75) is 26.8 Å². The minimum atomic E-state index is 0.119. The quantitative estimate of drug-likeness (QED) is 0.831. The SMILES string of the molecule is CC(C)(C)C(CN)Nc1ccccc1Cl. The van der Waals surface area contributed by atoms with Crippen molar-refractivity contribution in [3.05, 3.63) is 29.3 Å². The molecule has 2 nitrogen and oxygen atoms in total. The summed E-state index contributed by atoms with van der Waals surface area (Å²) in [6.07, 6.45) is 0. The van der Waals surface area contributed by atoms with E-state index in [1.54, 1.807) is 0 Å². The van der Waals surface area contributed by atoms with Crippen molar-refractivity contribution >= 4 is 17.3 Å². The monoisotopic (exact) mass is 226 g/mol. The predicted molar refractivity (Wildman–Crippen MR) is 67.4 cm³/mol. The van der Waals surface area contributed by atoms with Crippen molar-refractivity contribution in [1.82, 2.24) is 0 Å². The second-order valence-corrected chi connectivity index (χ2v) is 5.19. The number of halogens is 1. The van der Waals surface area contributed by atoms with Gasteiger partial charge < -0.3 is 11.1 Å². The van der Waals surface area contributed by atoms with E-state index in [0.29, 0.717) is 6.54 Å². The van der Waals surface area contributed by atoms with Crippen molar-refractivity contribution in [2.24, 2.45) is 11.1 Å². The minimum absolute atomic E-state index is 0.119. The third kappa shape index (κ3) is 3.40. The molecule has 0 spiro atoms. The van der Waals surface area contributed by atoms with E-state index in [1.807, 2.05) is 24.3 Å². The number of rotatable bonds is 3. The Morgan fingerprint density at radius 2 is 1.93 bits per heavy atom. The molecule has 0 aliphatic rings. The van der Waals surface area contributed by atoms with Gasteiger partial charge in [-0.05, 0) is 17.5 Å². The van der Waals surface area contributed by atoms with Gasteiger partial charge in [0, 0.05) is 12.6 Å². The van der Waals surface area contributed by atoms with Crippen LogP contribution in [-0.2, 0) is 0 Å². The van der Waals surface area contributed by atoms with Gasteiger partial charge in [-0.25, -0.2) is 0 Å². The van der Waals surface area contributed by atoms with E-state index in [4.69, 9.17) is 17.3 Å². The maximum Gasteiger partial charge on any atom is 0.0637 e. The van der Waals surface area contributed by atoms with E-state index >= 15 is 0 Å². The van der Waals surface area contributed by atoms with Crippen molar-refractivity contribution in [3.8, 4) is 0 Å². The third-order valence-corrected chi connectivity index (χ3v) is 2.81. The average molecular weight is 227 g/mol. The molecule has 1 rings (SSSR count). The summed E-state index contributed by atoms with van der Waals surface area (Å²) in [5.41, 5.74) is 6.82. The van der Waals surface area contributed by atoms with E-state index in [0.717, 1.165) is 10.7 Å². The molecule has 0 aliphatic heterocycles. The molecule has 0 bridgehead atoms. The first kappa shape index (κ1) is 12.3. The minimum Gasteiger partial charge on any atom is -0.379 e. The van der Waals surface area contributed by atoms with Crippen molar-refractivity contribution in [2.75, 3.05) is 11.9 Å². The normalized spacial score (nSPS) is 13.7. The van der Waals surface area contributed by atoms with Gasteiger partial charge in [0.25, 0.3) is 0 Å². The Morgan fingerprint density at radius 1 is 1.33 bits per heavy atom. The first-order chi connectivity index (χ1) is 6.95. The van der Waals surface area contributed by atoms with Gasteiger partial charge in [0.2, 0.25) is 0 Å². The predicted octanol–water partition coefficient (Wildman–Crippen LogP) is 3.13. The summed E-state index contributed by atoms with van der Waals surface area (Å²) in [6.45, 7) is 7.08. The standard InChI is InChI=1S/C12H19ClN2/c1-12(2,3)11(8-14)15-10-7-5-4-6-9(10)13/h4-7,11,15H,8,14H2,1-3H3. The van der Waals surface area contributed by atoms with Crippen LogP contribution < -0.4 is 11.1 Å². The van der Waals surface area contributed by atoms with E-state index in [1.165, 1.54) is 0 Å². The molecule has 0 amide bonds. The van der Waals surface area contributed by atoms with Crippen LogP contribution in [0.1, 0.15) is 20.8 Å². The average Bonchev–Trinajstić information content (AvgIpc) is 2.14. The lowest BCUT2D eigenvalue weighted by Crippen LogP contribution is -2.40. The third-order valence-electron chi connectivity index (χ3n) is 2.48. The van der Waals surface area contributed by atoms with Crippen LogP contribution in [0, 0.1) is 5.41 Å². The Labute approximate surface area is 96.8 Å². The van der Waals surface area contributed by atoms with E-state index < -0.39 is 0 Å². The summed E-state index contributed by atoms with van der Waals surface area (Å²) in [7, 11) is 0. The second-order valence-electron chi connectivity index (χ2n) is 4.78. The Balaban J connectivity index is 2.80. The van der Waals surface area contributed by atoms with Gasteiger partial charge in [0.05, 0.1) is 10.7 Å². The maximum absolute atomic E-state index is 6.07. The highest BCUT2D eigenvalue weighted by atomic mass is 35.5. The molecule has 0 heterocycles. The van der Waals surface area contributed by atoms with Crippen LogP contribution >= 0.6 is 11.6 Å². The molecule has 0 saturated carbocycles. The molecule has 84 valence electrons. The fraction of sp³-hybridized carbons (Fsp3) is 0.500. The number of hydrogen-bond acceptors (Lipinski definition) is 2. The first-order valence-electron chi connectivity index (χ1n) is 5.16. The molecule has 1 aromatic rings. The zero-order valence-corrected chi connectivity index (χ0v) is 10.3. The highest BCUT2D eigenvalue weighted by molar-refractivity contribution is 6.33. The summed E-state index contributed by atoms with van der Waals surface area (Å²) >= 11 is 6.07. The van der Waals surface area contributed by atoms with Gasteiger partial charge in [0.15, 0.2) is 0 Å². The fourth-order valence-electron chi connectivity index (χ4n) is 1.39. The van der Waals surface area contributed by atoms with Crippen molar-refractivity contribution in [1.29, 1.82) is 0 Å². The molecule has 0 radical (unpaired) electrons. The molecule has 0 saturated heterocycles. The highest BCUT2D eigenvalue weighted by Gasteiger charge is 2.23. The molecular weight excluding hydrogens is 208 g/mol. The lowest BCUT2D eigenvalue weighted by Gasteiger charge is -2.31. The Kier molecular flexibility index (Phi) is 4.00. The van der Waals surface area contributed by atoms with Crippen LogP contribution in [0.3, 0.4) is 0 Å². The molecule has 1 aromatic carbocycles. The number of nitrogens with one attached hydrogen (secondary N) is 1. The van der Waals surface area contributed by atoms with Crippen LogP contribution in [0.2, 0.25) is 5.02 Å². The Morgan fingerprint density at radius 3 is 2.40 bits per heavy atom. The lowest BCUT2D eigenvalue weighted by atomic mass is 9.86. The molecule has 1 atom stereocenters. The number of anilines is 1. The molecule has 3 N–H and O–H groups in total. The number of benzene rings is 1. The van der Waals surface area contributed by atoms with Crippen LogP contribution in [-0.4, -0.2) is 12.6 Å². The summed E-state index contributed by atoms with van der Waals surface area (Å²) < 4.78 is 0. The number of nitrogens with two attached hydrogens (primary N) is 1. The number of hydrogen-bond donors (Lipinski definition) is 2. The van der Waals surface area contributed by atoms with Gasteiger partial charge in [-0.15, -0.1) is 0 Å². The molecule has 0 aromatic heterocycles. The summed E-state index contributed by atoms with van der Waals surface area (Å²) in [5, 5.41) is 4.12. The van der Waals surface area contributed by atoms with E-state index in [2.05, 4.69) is 26.1 Å². The topological polar surface area (TPSA) is 38.0 Å². The molecule has 0 fully saturated rings. The molecule has 0 aliphatic carbocycles. The van der Waals surface area contributed by atoms with Crippen LogP contribution in [0.15, 0.2) is 24.3 Å². The molecule has 3 heteroatoms. The smallest absolute Gasteiger partial charge is 0.0637 e. The zero-order valence-electron chi connectivity index (χ0n) is 9.55. The van der Waals surface area contributed by atoms with Gasteiger partial charge in [-0.3, -0.25) is 0 Å². The van der Waals surface area contributed by atoms with Crippen molar-refractivity contribution < 1.29 is 0 Å². The van der Waals surface area contributed by atoms with Crippen LogP contribution in [0.5, 0.6) is 0 Å². The van der Waals surface area contributed by atoms with E-state index in [9.17, 15) is 0 Å². The summed E-state index contributed by atoms with van der Waals surface area (Å²) in [6, 6.07) is 7.95. The number of para-hydroxylation sites is 1. The second kappa shape index (κ2) is 4.86. The van der Waals surface area contributed by atoms with Gasteiger partial charge in [-0.1, -0.05) is 44.5 Å². The Hall–Kier alpha value is -0.730. The lowest BCUT2D eigenvalue weighted by molar-refractivity contribution is 0.346. The largest absolute Gasteiger partial charge is 0.379 e. The summed E-state index contributed by atoms with van der Waals surface area (Å²) in [4.78, 5) is 0. The summed E-state index contributed by atoms with van der Waals surface area (Å²) in [5.74, 6) is 0. The Bertz CT molecular complexity index is 318. The maximum atomic E-state index is 6.07. The molecule has 1 unspecified atom stereocenters. The van der Waals surface area contributed by atoms with Gasteiger partial charge in [0.1, 0.15) is 0 Å². The van der Waals surface area contributed by atoms with E-state index in [-0.39, 0.29) is 11.5 Å². The highest BCUT2D eigenvalue weighted by Crippen LogP contribution is 2.26. The first-order valence-corrected chi connectivity index (χ1v) is 5.54. The van der Waals surface area contributed by atoms with Gasteiger partial charge >= 0.3 is 0 Å².